The second kappa shape index (κ2) is 11.9. The first-order valence-electron chi connectivity index (χ1n) is 13.8. The van der Waals surface area contributed by atoms with Crippen molar-refractivity contribution >= 4 is 63.6 Å². The van der Waals surface area contributed by atoms with E-state index in [-0.39, 0.29) is 22.8 Å². The lowest BCUT2D eigenvalue weighted by Crippen LogP contribution is -2.33. The van der Waals surface area contributed by atoms with E-state index in [0.29, 0.717) is 21.3 Å². The highest BCUT2D eigenvalue weighted by Gasteiger charge is 2.56. The molecule has 3 atom stereocenters. The zero-order valence-electron chi connectivity index (χ0n) is 24.3. The molecule has 3 heterocycles. The average Bonchev–Trinajstić information content (AvgIpc) is 3.47. The fourth-order valence-electron chi connectivity index (χ4n) is 5.59. The highest BCUT2D eigenvalue weighted by molar-refractivity contribution is 8.00. The van der Waals surface area contributed by atoms with Crippen molar-refractivity contribution in [1.82, 2.24) is 4.57 Å². The van der Waals surface area contributed by atoms with E-state index in [1.807, 2.05) is 43.3 Å². The summed E-state index contributed by atoms with van der Waals surface area (Å²) in [5.41, 5.74) is 2.28. The molecular formula is C31H27N5O7S2. The SMILES string of the molecule is COc1ccc(NC(=O)Cn2c3c(sc2=O)[C@@H](c2ccc(N(C)C)cc2)[C@@H]2C(=O)N(c4ccc([N+](=O)[O-])cc4)C(=O)[C@@H]2S3)cc1. The maximum atomic E-state index is 14.1. The van der Waals surface area contributed by atoms with Crippen molar-refractivity contribution in [2.24, 2.45) is 5.92 Å². The highest BCUT2D eigenvalue weighted by atomic mass is 32.2. The summed E-state index contributed by atoms with van der Waals surface area (Å²) < 4.78 is 6.51. The minimum Gasteiger partial charge on any atom is -0.497 e. The molecular weight excluding hydrogens is 619 g/mol. The molecule has 12 nitrogen and oxygen atoms in total. The number of nitro groups is 1. The zero-order valence-corrected chi connectivity index (χ0v) is 26.0. The maximum Gasteiger partial charge on any atom is 0.308 e. The average molecular weight is 646 g/mol. The van der Waals surface area contributed by atoms with E-state index in [2.05, 4.69) is 5.32 Å². The van der Waals surface area contributed by atoms with Crippen LogP contribution in [0.1, 0.15) is 16.4 Å². The van der Waals surface area contributed by atoms with Gasteiger partial charge in [-0.3, -0.25) is 33.9 Å². The van der Waals surface area contributed by atoms with Crippen LogP contribution in [0.15, 0.2) is 82.6 Å². The number of anilines is 3. The quantitative estimate of drug-likeness (QED) is 0.168. The molecule has 1 saturated heterocycles. The second-order valence-electron chi connectivity index (χ2n) is 10.7. The fraction of sp³-hybridized carbons (Fsp3) is 0.226. The van der Waals surface area contributed by atoms with Crippen molar-refractivity contribution < 1.29 is 24.0 Å². The second-order valence-corrected chi connectivity index (χ2v) is 12.8. The summed E-state index contributed by atoms with van der Waals surface area (Å²) in [5.74, 6) is -2.22. The van der Waals surface area contributed by atoms with Gasteiger partial charge in [-0.1, -0.05) is 35.2 Å². The first kappa shape index (κ1) is 30.1. The Bertz CT molecular complexity index is 1870. The lowest BCUT2D eigenvalue weighted by atomic mass is 9.83. The number of imide groups is 1. The molecule has 1 N–H and O–H groups in total. The monoisotopic (exact) mass is 645 g/mol. The lowest BCUT2D eigenvalue weighted by Gasteiger charge is -2.31. The predicted octanol–water partition coefficient (Wildman–Crippen LogP) is 4.33. The van der Waals surface area contributed by atoms with Gasteiger partial charge in [0.05, 0.1) is 28.7 Å². The number of amides is 3. The van der Waals surface area contributed by atoms with Crippen LogP contribution in [0.25, 0.3) is 0 Å². The Morgan fingerprint density at radius 2 is 1.64 bits per heavy atom. The molecule has 230 valence electrons. The Kier molecular flexibility index (Phi) is 7.93. The molecule has 0 saturated carbocycles. The Morgan fingerprint density at radius 1 is 0.978 bits per heavy atom. The van der Waals surface area contributed by atoms with E-state index in [1.54, 1.807) is 31.4 Å². The molecule has 6 rings (SSSR count). The fourth-order valence-corrected chi connectivity index (χ4v) is 8.36. The van der Waals surface area contributed by atoms with Crippen molar-refractivity contribution in [3.8, 4) is 5.75 Å². The number of methoxy groups -OCH3 is 1. The van der Waals surface area contributed by atoms with Crippen LogP contribution in [0, 0.1) is 16.0 Å². The van der Waals surface area contributed by atoms with Gasteiger partial charge in [0.2, 0.25) is 17.7 Å². The Labute approximate surface area is 265 Å². The third kappa shape index (κ3) is 5.46. The number of carbonyl (C=O) groups is 3. The molecule has 2 aliphatic rings. The van der Waals surface area contributed by atoms with Gasteiger partial charge in [-0.15, -0.1) is 0 Å². The van der Waals surface area contributed by atoms with Crippen molar-refractivity contribution in [2.45, 2.75) is 22.7 Å². The van der Waals surface area contributed by atoms with E-state index < -0.39 is 39.7 Å². The molecule has 1 aromatic heterocycles. The van der Waals surface area contributed by atoms with Crippen molar-refractivity contribution in [1.29, 1.82) is 0 Å². The first-order valence-corrected chi connectivity index (χ1v) is 15.5. The molecule has 0 aliphatic carbocycles. The number of nitrogens with one attached hydrogen (secondary N) is 1. The van der Waals surface area contributed by atoms with Crippen LogP contribution in [0.4, 0.5) is 22.7 Å². The van der Waals surface area contributed by atoms with Crippen LogP contribution in [-0.4, -0.2) is 53.7 Å². The number of aromatic nitrogens is 1. The number of hydrogen-bond acceptors (Lipinski definition) is 10. The van der Waals surface area contributed by atoms with Crippen molar-refractivity contribution in [3.05, 3.63) is 103 Å². The number of non-ortho nitro benzene ring substituents is 1. The number of benzene rings is 3. The van der Waals surface area contributed by atoms with E-state index >= 15 is 0 Å². The normalized spacial score (nSPS) is 18.7. The molecule has 0 unspecified atom stereocenters. The number of thioether (sulfide) groups is 1. The summed E-state index contributed by atoms with van der Waals surface area (Å²) in [5, 5.41) is 13.5. The molecule has 0 spiro atoms. The smallest absolute Gasteiger partial charge is 0.308 e. The summed E-state index contributed by atoms with van der Waals surface area (Å²) in [4.78, 5) is 68.3. The minimum atomic E-state index is -0.886. The number of fused-ring (bicyclic) bond motifs is 2. The standard InChI is InChI=1S/C31H27N5O7S2/c1-33(2)19-8-4-17(5-9-19)24-25-26(29(39)35(28(25)38)20-10-12-21(13-11-20)36(41)42)44-30-27(24)45-31(40)34(30)16-23(37)32-18-6-14-22(43-3)15-7-18/h4-15,24-26H,16H2,1-3H3,(H,32,37)/t24-,25-,26+/m0/s1. The number of nitrogens with zero attached hydrogens (tertiary/aromatic N) is 4. The van der Waals surface area contributed by atoms with E-state index in [0.717, 1.165) is 39.2 Å². The van der Waals surface area contributed by atoms with Crippen LogP contribution in [0.2, 0.25) is 0 Å². The minimum absolute atomic E-state index is 0.164. The van der Waals surface area contributed by atoms with Gasteiger partial charge in [-0.05, 0) is 54.1 Å². The molecule has 14 heteroatoms. The first-order chi connectivity index (χ1) is 21.6. The van der Waals surface area contributed by atoms with Gasteiger partial charge in [0.15, 0.2) is 0 Å². The molecule has 2 aliphatic heterocycles. The number of nitro benzene ring substituents is 1. The molecule has 0 radical (unpaired) electrons. The summed E-state index contributed by atoms with van der Waals surface area (Å²) >= 11 is 2.06. The Morgan fingerprint density at radius 3 is 2.24 bits per heavy atom. The van der Waals surface area contributed by atoms with Gasteiger partial charge in [0, 0.05) is 48.4 Å². The van der Waals surface area contributed by atoms with E-state index in [9.17, 15) is 29.3 Å². The molecule has 1 fully saturated rings. The molecule has 4 aromatic rings. The highest BCUT2D eigenvalue weighted by Crippen LogP contribution is 2.54. The summed E-state index contributed by atoms with van der Waals surface area (Å²) in [6.07, 6.45) is 0. The van der Waals surface area contributed by atoms with E-state index in [1.165, 1.54) is 28.8 Å². The molecule has 3 amide bonds. The van der Waals surface area contributed by atoms with Gasteiger partial charge < -0.3 is 15.0 Å². The van der Waals surface area contributed by atoms with Crippen molar-refractivity contribution in [3.63, 3.8) is 0 Å². The summed E-state index contributed by atoms with van der Waals surface area (Å²) in [6.45, 7) is -0.290. The predicted molar refractivity (Wildman–Crippen MR) is 172 cm³/mol. The number of hydrogen-bond donors (Lipinski definition) is 1. The van der Waals surface area contributed by atoms with Crippen molar-refractivity contribution in [2.75, 3.05) is 36.3 Å². The van der Waals surface area contributed by atoms with Crippen LogP contribution in [0.5, 0.6) is 5.75 Å². The van der Waals surface area contributed by atoms with Crippen LogP contribution in [0.3, 0.4) is 0 Å². The largest absolute Gasteiger partial charge is 0.497 e. The van der Waals surface area contributed by atoms with Gasteiger partial charge in [0.1, 0.15) is 17.5 Å². The topological polar surface area (TPSA) is 144 Å². The number of rotatable bonds is 8. The van der Waals surface area contributed by atoms with Gasteiger partial charge in [0.25, 0.3) is 5.69 Å². The molecule has 3 aromatic carbocycles. The number of carbonyl (C=O) groups excluding carboxylic acids is 3. The van der Waals surface area contributed by atoms with E-state index in [4.69, 9.17) is 4.74 Å². The number of thiazole rings is 1. The third-order valence-electron chi connectivity index (χ3n) is 7.81. The van der Waals surface area contributed by atoms with Crippen LogP contribution >= 0.6 is 23.1 Å². The number of ether oxygens (including phenoxy) is 1. The summed E-state index contributed by atoms with van der Waals surface area (Å²) in [7, 11) is 5.36. The lowest BCUT2D eigenvalue weighted by molar-refractivity contribution is -0.384. The Balaban J connectivity index is 1.38. The van der Waals surface area contributed by atoms with Gasteiger partial charge >= 0.3 is 4.87 Å². The van der Waals surface area contributed by atoms with Crippen LogP contribution < -0.4 is 24.7 Å². The molecule has 45 heavy (non-hydrogen) atoms. The van der Waals surface area contributed by atoms with Gasteiger partial charge in [-0.2, -0.15) is 0 Å². The van der Waals surface area contributed by atoms with Crippen LogP contribution in [-0.2, 0) is 20.9 Å². The Hall–Kier alpha value is -4.95. The third-order valence-corrected chi connectivity index (χ3v) is 10.4. The zero-order chi connectivity index (χ0) is 32.0. The maximum absolute atomic E-state index is 14.1. The molecule has 0 bridgehead atoms. The summed E-state index contributed by atoms with van der Waals surface area (Å²) in [6, 6.07) is 19.6. The van der Waals surface area contributed by atoms with Gasteiger partial charge in [-0.25, -0.2) is 4.90 Å².